The molecule has 1 atom stereocenters. The van der Waals surface area contributed by atoms with Crippen molar-refractivity contribution < 1.29 is 18.7 Å². The van der Waals surface area contributed by atoms with Crippen LogP contribution in [0.4, 0.5) is 10.2 Å². The van der Waals surface area contributed by atoms with Crippen molar-refractivity contribution in [3.63, 3.8) is 0 Å². The SMILES string of the molecule is CN1C(=O)C(NC(=O)c2nn(Cc3ccccc3C#N)cc2F)COc2cccnc21. The van der Waals surface area contributed by atoms with Crippen LogP contribution >= 0.6 is 0 Å². The Kier molecular flexibility index (Phi) is 5.32. The lowest BCUT2D eigenvalue weighted by atomic mass is 10.1. The number of fused-ring (bicyclic) bond motifs is 1. The van der Waals surface area contributed by atoms with Crippen LogP contribution in [0.15, 0.2) is 48.8 Å². The minimum absolute atomic E-state index is 0.114. The van der Waals surface area contributed by atoms with Gasteiger partial charge < -0.3 is 10.1 Å². The number of anilines is 1. The van der Waals surface area contributed by atoms with E-state index in [1.807, 2.05) is 0 Å². The Morgan fingerprint density at radius 1 is 1.35 bits per heavy atom. The number of amides is 2. The first-order valence-corrected chi connectivity index (χ1v) is 9.35. The third-order valence-corrected chi connectivity index (χ3v) is 4.81. The average molecular weight is 420 g/mol. The second kappa shape index (κ2) is 8.23. The molecule has 1 aromatic carbocycles. The van der Waals surface area contributed by atoms with E-state index < -0.39 is 29.4 Å². The van der Waals surface area contributed by atoms with Gasteiger partial charge in [0, 0.05) is 13.2 Å². The number of nitriles is 1. The predicted octanol–water partition coefficient (Wildman–Crippen LogP) is 1.49. The van der Waals surface area contributed by atoms with E-state index in [9.17, 15) is 19.2 Å². The smallest absolute Gasteiger partial charge is 0.275 e. The minimum atomic E-state index is -1.05. The van der Waals surface area contributed by atoms with Gasteiger partial charge in [0.1, 0.15) is 12.6 Å². The van der Waals surface area contributed by atoms with Crippen LogP contribution in [0.25, 0.3) is 0 Å². The van der Waals surface area contributed by atoms with Crippen LogP contribution in [0.2, 0.25) is 0 Å². The zero-order valence-corrected chi connectivity index (χ0v) is 16.4. The standard InChI is InChI=1S/C21H17FN6O3/c1-27-19-17(7-4-8-24-19)31-12-16(21(27)30)25-20(29)18-15(22)11-28(26-18)10-14-6-3-2-5-13(14)9-23/h2-8,11,16H,10,12H2,1H3,(H,25,29). The van der Waals surface area contributed by atoms with Crippen LogP contribution in [0.1, 0.15) is 21.6 Å². The van der Waals surface area contributed by atoms with Gasteiger partial charge in [-0.25, -0.2) is 9.37 Å². The largest absolute Gasteiger partial charge is 0.487 e. The molecule has 1 aliphatic heterocycles. The Morgan fingerprint density at radius 3 is 2.97 bits per heavy atom. The quantitative estimate of drug-likeness (QED) is 0.684. The van der Waals surface area contributed by atoms with Crippen molar-refractivity contribution in [2.45, 2.75) is 12.6 Å². The number of rotatable bonds is 4. The lowest BCUT2D eigenvalue weighted by molar-refractivity contribution is -0.120. The Labute approximate surface area is 176 Å². The number of benzene rings is 1. The minimum Gasteiger partial charge on any atom is -0.487 e. The molecule has 0 aliphatic carbocycles. The molecule has 2 amide bonds. The van der Waals surface area contributed by atoms with Crippen molar-refractivity contribution in [1.82, 2.24) is 20.1 Å². The van der Waals surface area contributed by atoms with Crippen molar-refractivity contribution in [1.29, 1.82) is 5.26 Å². The molecule has 0 saturated carbocycles. The third-order valence-electron chi connectivity index (χ3n) is 4.81. The molecule has 0 radical (unpaired) electrons. The van der Waals surface area contributed by atoms with Crippen molar-refractivity contribution >= 4 is 17.6 Å². The van der Waals surface area contributed by atoms with E-state index in [4.69, 9.17) is 4.74 Å². The summed E-state index contributed by atoms with van der Waals surface area (Å²) in [4.78, 5) is 30.8. The molecule has 31 heavy (non-hydrogen) atoms. The number of nitrogens with one attached hydrogen (secondary N) is 1. The van der Waals surface area contributed by atoms with Crippen LogP contribution < -0.4 is 15.0 Å². The first-order chi connectivity index (χ1) is 15.0. The molecule has 3 aromatic rings. The normalized spacial score (nSPS) is 15.5. The summed E-state index contributed by atoms with van der Waals surface area (Å²) in [5.41, 5.74) is 0.616. The summed E-state index contributed by atoms with van der Waals surface area (Å²) in [6.07, 6.45) is 2.59. The number of aromatic nitrogens is 3. The maximum atomic E-state index is 14.4. The molecule has 3 heterocycles. The van der Waals surface area contributed by atoms with Gasteiger partial charge in [0.15, 0.2) is 23.1 Å². The van der Waals surface area contributed by atoms with Crippen molar-refractivity contribution in [3.05, 3.63) is 71.4 Å². The topological polar surface area (TPSA) is 113 Å². The fraction of sp³-hybridized carbons (Fsp3) is 0.190. The maximum absolute atomic E-state index is 14.4. The number of ether oxygens (including phenoxy) is 1. The van der Waals surface area contributed by atoms with Gasteiger partial charge in [0.2, 0.25) is 0 Å². The molecule has 0 bridgehead atoms. The Bertz CT molecular complexity index is 1200. The Balaban J connectivity index is 1.51. The van der Waals surface area contributed by atoms with Crippen LogP contribution in [-0.2, 0) is 11.3 Å². The van der Waals surface area contributed by atoms with Crippen LogP contribution in [-0.4, -0.2) is 46.3 Å². The second-order valence-electron chi connectivity index (χ2n) is 6.85. The molecule has 4 rings (SSSR count). The van der Waals surface area contributed by atoms with E-state index in [1.54, 1.807) is 36.4 Å². The monoisotopic (exact) mass is 420 g/mol. The molecule has 0 saturated heterocycles. The summed E-state index contributed by atoms with van der Waals surface area (Å²) in [5, 5.41) is 15.7. The van der Waals surface area contributed by atoms with Gasteiger partial charge in [-0.05, 0) is 23.8 Å². The first-order valence-electron chi connectivity index (χ1n) is 9.35. The molecule has 1 aliphatic rings. The lowest BCUT2D eigenvalue weighted by Gasteiger charge is -2.19. The molecule has 0 fully saturated rings. The van der Waals surface area contributed by atoms with Crippen molar-refractivity contribution in [2.75, 3.05) is 18.6 Å². The van der Waals surface area contributed by atoms with Gasteiger partial charge in [0.25, 0.3) is 11.8 Å². The number of carbonyl (C=O) groups is 2. The highest BCUT2D eigenvalue weighted by Gasteiger charge is 2.32. The van der Waals surface area contributed by atoms with Gasteiger partial charge in [0.05, 0.1) is 24.4 Å². The molecule has 156 valence electrons. The van der Waals surface area contributed by atoms with Crippen LogP contribution in [0, 0.1) is 17.1 Å². The molecule has 0 spiro atoms. The molecular weight excluding hydrogens is 403 g/mol. The summed E-state index contributed by atoms with van der Waals surface area (Å²) in [6, 6.07) is 11.2. The number of hydrogen-bond donors (Lipinski definition) is 1. The Morgan fingerprint density at radius 2 is 2.16 bits per heavy atom. The molecule has 10 heteroatoms. The van der Waals surface area contributed by atoms with E-state index in [0.717, 1.165) is 6.20 Å². The van der Waals surface area contributed by atoms with Crippen molar-refractivity contribution in [2.24, 2.45) is 0 Å². The van der Waals surface area contributed by atoms with Gasteiger partial charge in [-0.2, -0.15) is 10.4 Å². The van der Waals surface area contributed by atoms with Gasteiger partial charge in [-0.1, -0.05) is 18.2 Å². The van der Waals surface area contributed by atoms with Crippen LogP contribution in [0.5, 0.6) is 5.75 Å². The van der Waals surface area contributed by atoms with Crippen molar-refractivity contribution in [3.8, 4) is 11.8 Å². The highest BCUT2D eigenvalue weighted by molar-refractivity contribution is 6.02. The number of halogens is 1. The molecular formula is C21H17FN6O3. The summed E-state index contributed by atoms with van der Waals surface area (Å²) < 4.78 is 21.2. The zero-order chi connectivity index (χ0) is 22.0. The van der Waals surface area contributed by atoms with Crippen LogP contribution in [0.3, 0.4) is 0 Å². The Hall–Kier alpha value is -4.26. The number of nitrogens with zero attached hydrogens (tertiary/aromatic N) is 5. The van der Waals surface area contributed by atoms with E-state index in [1.165, 1.54) is 22.8 Å². The zero-order valence-electron chi connectivity index (χ0n) is 16.4. The molecule has 1 unspecified atom stereocenters. The molecule has 9 nitrogen and oxygen atoms in total. The van der Waals surface area contributed by atoms with E-state index in [-0.39, 0.29) is 13.2 Å². The van der Waals surface area contributed by atoms with Gasteiger partial charge >= 0.3 is 0 Å². The maximum Gasteiger partial charge on any atom is 0.275 e. The first kappa shape index (κ1) is 20.0. The highest BCUT2D eigenvalue weighted by atomic mass is 19.1. The second-order valence-corrected chi connectivity index (χ2v) is 6.85. The number of hydrogen-bond acceptors (Lipinski definition) is 6. The summed E-state index contributed by atoms with van der Waals surface area (Å²) in [6.45, 7) is -0.0192. The predicted molar refractivity (Wildman–Crippen MR) is 107 cm³/mol. The fourth-order valence-corrected chi connectivity index (χ4v) is 3.23. The van der Waals surface area contributed by atoms with E-state index in [2.05, 4.69) is 21.5 Å². The van der Waals surface area contributed by atoms with Gasteiger partial charge in [-0.15, -0.1) is 0 Å². The highest BCUT2D eigenvalue weighted by Crippen LogP contribution is 2.27. The van der Waals surface area contributed by atoms with E-state index in [0.29, 0.717) is 22.7 Å². The summed E-state index contributed by atoms with van der Waals surface area (Å²) in [7, 11) is 1.52. The average Bonchev–Trinajstić information content (AvgIpc) is 3.10. The molecule has 1 N–H and O–H groups in total. The lowest BCUT2D eigenvalue weighted by Crippen LogP contribution is -2.49. The number of likely N-dealkylation sites (N-methyl/N-ethyl adjacent to an activating group) is 1. The number of pyridine rings is 1. The van der Waals surface area contributed by atoms with Gasteiger partial charge in [-0.3, -0.25) is 19.2 Å². The van der Waals surface area contributed by atoms with E-state index >= 15 is 0 Å². The fourth-order valence-electron chi connectivity index (χ4n) is 3.23. The number of carbonyl (C=O) groups excluding carboxylic acids is 2. The summed E-state index contributed by atoms with van der Waals surface area (Å²) >= 11 is 0. The molecule has 2 aromatic heterocycles. The summed E-state index contributed by atoms with van der Waals surface area (Å²) in [5.74, 6) is -1.41. The third kappa shape index (κ3) is 3.93.